The molecule has 0 amide bonds. The second kappa shape index (κ2) is 6.02. The smallest absolute Gasteiger partial charge is 0.148 e. The molecule has 0 aromatic heterocycles. The van der Waals surface area contributed by atoms with Crippen LogP contribution in [0.3, 0.4) is 0 Å². The number of nitrogens with two attached hydrogens (primary N) is 1. The summed E-state index contributed by atoms with van der Waals surface area (Å²) in [6, 6.07) is 4.94. The first-order chi connectivity index (χ1) is 8.72. The highest BCUT2D eigenvalue weighted by Crippen LogP contribution is 2.26. The number of aliphatic hydroxyl groups is 1. The second-order valence-corrected chi connectivity index (χ2v) is 4.58. The second-order valence-electron chi connectivity index (χ2n) is 4.58. The fourth-order valence-electron chi connectivity index (χ4n) is 2.38. The molecule has 0 spiro atoms. The molecule has 1 aliphatic heterocycles. The Morgan fingerprint density at radius 2 is 2.06 bits per heavy atom. The summed E-state index contributed by atoms with van der Waals surface area (Å²) in [4.78, 5) is 4.34. The molecule has 0 saturated carbocycles. The molecule has 0 bridgehead atoms. The average molecular weight is 253 g/mol. The van der Waals surface area contributed by atoms with Crippen molar-refractivity contribution in [2.24, 2.45) is 0 Å². The van der Waals surface area contributed by atoms with Crippen molar-refractivity contribution in [1.82, 2.24) is 4.90 Å². The van der Waals surface area contributed by atoms with E-state index in [0.717, 1.165) is 38.3 Å². The summed E-state index contributed by atoms with van der Waals surface area (Å²) in [7, 11) is 0. The Morgan fingerprint density at radius 3 is 2.83 bits per heavy atom. The number of hydrogen-bond donors (Lipinski definition) is 2. The van der Waals surface area contributed by atoms with Gasteiger partial charge in [0.25, 0.3) is 0 Å². The maximum Gasteiger partial charge on any atom is 0.148 e. The topological polar surface area (TPSA) is 52.7 Å². The van der Waals surface area contributed by atoms with Gasteiger partial charge in [-0.15, -0.1) is 0 Å². The van der Waals surface area contributed by atoms with Crippen molar-refractivity contribution < 1.29 is 9.50 Å². The Kier molecular flexibility index (Phi) is 4.38. The maximum absolute atomic E-state index is 13.4. The zero-order valence-corrected chi connectivity index (χ0v) is 10.5. The van der Waals surface area contributed by atoms with E-state index in [2.05, 4.69) is 9.80 Å². The van der Waals surface area contributed by atoms with Crippen LogP contribution < -0.4 is 10.6 Å². The van der Waals surface area contributed by atoms with E-state index in [1.165, 1.54) is 6.07 Å². The van der Waals surface area contributed by atoms with Crippen LogP contribution in [0.1, 0.15) is 6.42 Å². The van der Waals surface area contributed by atoms with Crippen molar-refractivity contribution in [3.63, 3.8) is 0 Å². The van der Waals surface area contributed by atoms with E-state index in [-0.39, 0.29) is 18.1 Å². The van der Waals surface area contributed by atoms with Crippen molar-refractivity contribution in [3.8, 4) is 0 Å². The third-order valence-electron chi connectivity index (χ3n) is 3.38. The number of nitrogens with zero attached hydrogens (tertiary/aromatic N) is 2. The third kappa shape index (κ3) is 2.91. The van der Waals surface area contributed by atoms with Gasteiger partial charge in [-0.2, -0.15) is 0 Å². The van der Waals surface area contributed by atoms with Gasteiger partial charge in [-0.05, 0) is 25.1 Å². The SMILES string of the molecule is Nc1c(F)cccc1N1CCCN(CCO)CC1. The standard InChI is InChI=1S/C13H20FN3O/c14-11-3-1-4-12(13(11)15)17-6-2-5-16(7-8-17)9-10-18/h1,3-4,18H,2,5-10,15H2. The van der Waals surface area contributed by atoms with Gasteiger partial charge in [0.2, 0.25) is 0 Å². The van der Waals surface area contributed by atoms with Crippen LogP contribution in [-0.4, -0.2) is 49.3 Å². The largest absolute Gasteiger partial charge is 0.395 e. The minimum absolute atomic E-state index is 0.183. The summed E-state index contributed by atoms with van der Waals surface area (Å²) < 4.78 is 13.4. The fourth-order valence-corrected chi connectivity index (χ4v) is 2.38. The number of hydrogen-bond acceptors (Lipinski definition) is 4. The Hall–Kier alpha value is -1.33. The molecule has 18 heavy (non-hydrogen) atoms. The molecule has 1 heterocycles. The normalized spacial score (nSPS) is 17.8. The van der Waals surface area contributed by atoms with E-state index in [4.69, 9.17) is 10.8 Å². The average Bonchev–Trinajstić information content (AvgIpc) is 2.59. The van der Waals surface area contributed by atoms with Crippen molar-refractivity contribution >= 4 is 11.4 Å². The highest BCUT2D eigenvalue weighted by Gasteiger charge is 2.17. The Morgan fingerprint density at radius 1 is 1.22 bits per heavy atom. The molecule has 1 fully saturated rings. The van der Waals surface area contributed by atoms with Gasteiger partial charge in [-0.25, -0.2) is 4.39 Å². The summed E-state index contributed by atoms with van der Waals surface area (Å²) >= 11 is 0. The van der Waals surface area contributed by atoms with Crippen LogP contribution in [0, 0.1) is 5.82 Å². The number of β-amino-alcohol motifs (C(OH)–C–C–N with tert-alkyl or cyclic N) is 1. The van der Waals surface area contributed by atoms with Gasteiger partial charge in [-0.1, -0.05) is 6.07 Å². The number of aliphatic hydroxyl groups excluding tert-OH is 1. The molecule has 4 nitrogen and oxygen atoms in total. The molecule has 3 N–H and O–H groups in total. The molecule has 0 radical (unpaired) electrons. The first kappa shape index (κ1) is 13.1. The predicted molar refractivity (Wildman–Crippen MR) is 71.2 cm³/mol. The minimum Gasteiger partial charge on any atom is -0.395 e. The zero-order chi connectivity index (χ0) is 13.0. The van der Waals surface area contributed by atoms with E-state index in [0.29, 0.717) is 6.54 Å². The van der Waals surface area contributed by atoms with Gasteiger partial charge in [0.1, 0.15) is 5.82 Å². The van der Waals surface area contributed by atoms with Crippen LogP contribution in [0.25, 0.3) is 0 Å². The Labute approximate surface area is 107 Å². The van der Waals surface area contributed by atoms with Gasteiger partial charge in [0, 0.05) is 26.2 Å². The van der Waals surface area contributed by atoms with Crippen LogP contribution in [0.15, 0.2) is 18.2 Å². The monoisotopic (exact) mass is 253 g/mol. The molecule has 2 rings (SSSR count). The lowest BCUT2D eigenvalue weighted by molar-refractivity contribution is 0.204. The van der Waals surface area contributed by atoms with Crippen molar-refractivity contribution in [2.75, 3.05) is 50.0 Å². The number of rotatable bonds is 3. The quantitative estimate of drug-likeness (QED) is 0.786. The van der Waals surface area contributed by atoms with Crippen LogP contribution in [0.4, 0.5) is 15.8 Å². The molecule has 1 saturated heterocycles. The van der Waals surface area contributed by atoms with Gasteiger partial charge in [0.05, 0.1) is 18.0 Å². The lowest BCUT2D eigenvalue weighted by atomic mass is 10.2. The van der Waals surface area contributed by atoms with Crippen LogP contribution in [-0.2, 0) is 0 Å². The molecule has 1 aromatic carbocycles. The molecular weight excluding hydrogens is 233 g/mol. The molecule has 1 aliphatic rings. The molecule has 100 valence electrons. The van der Waals surface area contributed by atoms with Gasteiger partial charge in [0.15, 0.2) is 0 Å². The van der Waals surface area contributed by atoms with E-state index in [1.807, 2.05) is 6.07 Å². The number of para-hydroxylation sites is 1. The fraction of sp³-hybridized carbons (Fsp3) is 0.538. The van der Waals surface area contributed by atoms with E-state index in [1.54, 1.807) is 6.07 Å². The highest BCUT2D eigenvalue weighted by atomic mass is 19.1. The van der Waals surface area contributed by atoms with E-state index < -0.39 is 0 Å². The Balaban J connectivity index is 2.07. The summed E-state index contributed by atoms with van der Waals surface area (Å²) in [5.74, 6) is -0.357. The maximum atomic E-state index is 13.4. The minimum atomic E-state index is -0.357. The molecule has 0 aliphatic carbocycles. The van der Waals surface area contributed by atoms with E-state index >= 15 is 0 Å². The third-order valence-corrected chi connectivity index (χ3v) is 3.38. The van der Waals surface area contributed by atoms with Crippen LogP contribution in [0.5, 0.6) is 0 Å². The van der Waals surface area contributed by atoms with Crippen LogP contribution in [0.2, 0.25) is 0 Å². The highest BCUT2D eigenvalue weighted by molar-refractivity contribution is 5.68. The van der Waals surface area contributed by atoms with Crippen LogP contribution >= 0.6 is 0 Å². The van der Waals surface area contributed by atoms with Crippen molar-refractivity contribution in [3.05, 3.63) is 24.0 Å². The predicted octanol–water partition coefficient (Wildman–Crippen LogP) is 0.912. The van der Waals surface area contributed by atoms with Gasteiger partial charge < -0.3 is 15.7 Å². The number of anilines is 2. The number of halogens is 1. The molecule has 1 aromatic rings. The zero-order valence-electron chi connectivity index (χ0n) is 10.5. The summed E-state index contributed by atoms with van der Waals surface area (Å²) in [5.41, 5.74) is 6.80. The lowest BCUT2D eigenvalue weighted by Crippen LogP contribution is -2.32. The van der Waals surface area contributed by atoms with E-state index in [9.17, 15) is 4.39 Å². The molecule has 5 heteroatoms. The summed E-state index contributed by atoms with van der Waals surface area (Å²) in [5, 5.41) is 8.95. The van der Waals surface area contributed by atoms with Gasteiger partial charge >= 0.3 is 0 Å². The first-order valence-corrected chi connectivity index (χ1v) is 6.34. The van der Waals surface area contributed by atoms with Crippen molar-refractivity contribution in [1.29, 1.82) is 0 Å². The molecule has 0 atom stereocenters. The first-order valence-electron chi connectivity index (χ1n) is 6.34. The number of nitrogen functional groups attached to an aromatic ring is 1. The molecular formula is C13H20FN3O. The van der Waals surface area contributed by atoms with Gasteiger partial charge in [-0.3, -0.25) is 4.90 Å². The van der Waals surface area contributed by atoms with Crippen molar-refractivity contribution in [2.45, 2.75) is 6.42 Å². The molecule has 0 unspecified atom stereocenters. The number of benzene rings is 1. The summed E-state index contributed by atoms with van der Waals surface area (Å²) in [6.07, 6.45) is 0.996. The summed E-state index contributed by atoms with van der Waals surface area (Å²) in [6.45, 7) is 4.40. The lowest BCUT2D eigenvalue weighted by Gasteiger charge is -2.24. The Bertz CT molecular complexity index is 400.